The van der Waals surface area contributed by atoms with Gasteiger partial charge >= 0.3 is 0 Å². The zero-order valence-corrected chi connectivity index (χ0v) is 22.8. The molecule has 0 aliphatic heterocycles. The summed E-state index contributed by atoms with van der Waals surface area (Å²) < 4.78 is 28.6. The number of para-hydroxylation sites is 1. The molecule has 192 valence electrons. The molecule has 0 saturated carbocycles. The highest BCUT2D eigenvalue weighted by Gasteiger charge is 2.25. The van der Waals surface area contributed by atoms with Gasteiger partial charge in [-0.1, -0.05) is 41.7 Å². The lowest BCUT2D eigenvalue weighted by molar-refractivity contribution is 0.0985. The average Bonchev–Trinajstić information content (AvgIpc) is 3.36. The van der Waals surface area contributed by atoms with E-state index in [2.05, 4.69) is 11.1 Å². The van der Waals surface area contributed by atoms with Gasteiger partial charge in [0.2, 0.25) is 0 Å². The maximum absolute atomic E-state index is 13.8. The number of anilines is 2. The minimum absolute atomic E-state index is 0.102. The Bertz CT molecular complexity index is 1700. The van der Waals surface area contributed by atoms with Crippen molar-refractivity contribution in [2.24, 2.45) is 0 Å². The summed E-state index contributed by atoms with van der Waals surface area (Å²) in [6.45, 7) is 4.34. The van der Waals surface area contributed by atoms with Gasteiger partial charge in [-0.05, 0) is 79.1 Å². The topological polar surface area (TPSA) is 83.5 Å². The molecular weight excluding hydrogens is 516 g/mol. The van der Waals surface area contributed by atoms with E-state index in [9.17, 15) is 13.2 Å². The van der Waals surface area contributed by atoms with Crippen molar-refractivity contribution in [1.82, 2.24) is 9.97 Å². The predicted molar refractivity (Wildman–Crippen MR) is 152 cm³/mol. The van der Waals surface area contributed by atoms with Gasteiger partial charge in [0.05, 0.1) is 27.3 Å². The van der Waals surface area contributed by atoms with Crippen LogP contribution in [-0.4, -0.2) is 31.3 Å². The molecule has 0 unspecified atom stereocenters. The Kier molecular flexibility index (Phi) is 6.96. The van der Waals surface area contributed by atoms with E-state index in [0.717, 1.165) is 26.9 Å². The number of rotatable bonds is 7. The molecule has 0 N–H and O–H groups in total. The minimum atomic E-state index is -3.79. The normalized spacial score (nSPS) is 11.4. The summed E-state index contributed by atoms with van der Waals surface area (Å²) in [5.74, 6) is -0.275. The van der Waals surface area contributed by atoms with Gasteiger partial charge in [0.25, 0.3) is 15.9 Å². The Morgan fingerprint density at radius 3 is 2.37 bits per heavy atom. The highest BCUT2D eigenvalue weighted by atomic mass is 32.2. The Morgan fingerprint density at radius 1 is 0.947 bits per heavy atom. The number of sulfonamides is 1. The summed E-state index contributed by atoms with van der Waals surface area (Å²) >= 11 is 1.46. The molecule has 5 rings (SSSR count). The van der Waals surface area contributed by atoms with E-state index in [0.29, 0.717) is 16.4 Å². The lowest BCUT2D eigenvalue weighted by atomic mass is 10.1. The first-order valence-electron chi connectivity index (χ1n) is 12.0. The first-order valence-corrected chi connectivity index (χ1v) is 14.2. The van der Waals surface area contributed by atoms with Crippen molar-refractivity contribution in [1.29, 1.82) is 0 Å². The molecule has 3 aromatic carbocycles. The summed E-state index contributed by atoms with van der Waals surface area (Å²) in [5, 5.41) is 0.572. The van der Waals surface area contributed by atoms with E-state index < -0.39 is 10.0 Å². The summed E-state index contributed by atoms with van der Waals surface area (Å²) in [7, 11) is -2.28. The number of hydrogen-bond donors (Lipinski definition) is 0. The number of carbonyl (C=O) groups is 1. The smallest absolute Gasteiger partial charge is 0.264 e. The van der Waals surface area contributed by atoms with Gasteiger partial charge in [-0.25, -0.2) is 13.4 Å². The van der Waals surface area contributed by atoms with E-state index in [-0.39, 0.29) is 17.3 Å². The molecule has 9 heteroatoms. The van der Waals surface area contributed by atoms with E-state index in [4.69, 9.17) is 4.98 Å². The van der Waals surface area contributed by atoms with Gasteiger partial charge in [-0.3, -0.25) is 19.0 Å². The standard InChI is InChI=1S/C29H26N4O3S2/c1-20-16-21(2)27-26(17-20)31-29(37-27)33(19-22-8-7-15-30-18-22)28(34)23-11-13-25(14-12-23)38(35,36)32(3)24-9-5-4-6-10-24/h4-18H,19H2,1-3H3. The Balaban J connectivity index is 1.49. The lowest BCUT2D eigenvalue weighted by Crippen LogP contribution is -2.30. The van der Waals surface area contributed by atoms with Gasteiger partial charge in [0.1, 0.15) is 0 Å². The third kappa shape index (κ3) is 5.03. The predicted octanol–water partition coefficient (Wildman–Crippen LogP) is 5.98. The Labute approximate surface area is 226 Å². The van der Waals surface area contributed by atoms with Crippen LogP contribution < -0.4 is 9.21 Å². The number of fused-ring (bicyclic) bond motifs is 1. The maximum atomic E-state index is 13.8. The fourth-order valence-corrected chi connectivity index (χ4v) is 6.45. The third-order valence-corrected chi connectivity index (χ3v) is 9.26. The van der Waals surface area contributed by atoms with Crippen molar-refractivity contribution in [2.75, 3.05) is 16.3 Å². The summed E-state index contributed by atoms with van der Waals surface area (Å²) in [5.41, 5.74) is 4.83. The van der Waals surface area contributed by atoms with Crippen LogP contribution in [0.2, 0.25) is 0 Å². The molecule has 0 bridgehead atoms. The number of nitrogens with zero attached hydrogens (tertiary/aromatic N) is 4. The molecule has 1 amide bonds. The first kappa shape index (κ1) is 25.6. The number of thiazole rings is 1. The quantitative estimate of drug-likeness (QED) is 0.253. The largest absolute Gasteiger partial charge is 0.279 e. The molecule has 0 fully saturated rings. The second-order valence-corrected chi connectivity index (χ2v) is 12.0. The average molecular weight is 543 g/mol. The zero-order chi connectivity index (χ0) is 26.9. The molecule has 0 atom stereocenters. The van der Waals surface area contributed by atoms with Gasteiger partial charge in [0, 0.05) is 25.0 Å². The molecule has 0 spiro atoms. The number of aryl methyl sites for hydroxylation is 2. The molecule has 0 aliphatic rings. The molecule has 5 aromatic rings. The molecule has 38 heavy (non-hydrogen) atoms. The van der Waals surface area contributed by atoms with Crippen molar-refractivity contribution >= 4 is 48.3 Å². The van der Waals surface area contributed by atoms with E-state index in [1.54, 1.807) is 53.7 Å². The fraction of sp³-hybridized carbons (Fsp3) is 0.138. The van der Waals surface area contributed by atoms with E-state index in [1.807, 2.05) is 38.1 Å². The van der Waals surface area contributed by atoms with Crippen molar-refractivity contribution in [2.45, 2.75) is 25.3 Å². The van der Waals surface area contributed by atoms with Crippen LogP contribution in [0.5, 0.6) is 0 Å². The van der Waals surface area contributed by atoms with Crippen LogP contribution in [0.4, 0.5) is 10.8 Å². The van der Waals surface area contributed by atoms with E-state index >= 15 is 0 Å². The highest BCUT2D eigenvalue weighted by molar-refractivity contribution is 7.92. The van der Waals surface area contributed by atoms with Crippen molar-refractivity contribution < 1.29 is 13.2 Å². The SMILES string of the molecule is Cc1cc(C)c2sc(N(Cc3cccnc3)C(=O)c3ccc(S(=O)(=O)N(C)c4ccccc4)cc3)nc2c1. The highest BCUT2D eigenvalue weighted by Crippen LogP contribution is 2.34. The van der Waals surface area contributed by atoms with Gasteiger partial charge < -0.3 is 0 Å². The van der Waals surface area contributed by atoms with Crippen molar-refractivity contribution in [3.63, 3.8) is 0 Å². The van der Waals surface area contributed by atoms with E-state index in [1.165, 1.54) is 34.8 Å². The molecule has 7 nitrogen and oxygen atoms in total. The molecule has 0 saturated heterocycles. The third-order valence-electron chi connectivity index (χ3n) is 6.23. The molecule has 0 aliphatic carbocycles. The number of carbonyl (C=O) groups excluding carboxylic acids is 1. The van der Waals surface area contributed by atoms with Crippen molar-refractivity contribution in [3.8, 4) is 0 Å². The Hall–Kier alpha value is -4.08. The number of aromatic nitrogens is 2. The minimum Gasteiger partial charge on any atom is -0.279 e. The van der Waals surface area contributed by atoms with Crippen LogP contribution in [0, 0.1) is 13.8 Å². The molecule has 0 radical (unpaired) electrons. The molecular formula is C29H26N4O3S2. The second-order valence-electron chi connectivity index (χ2n) is 9.01. The Morgan fingerprint density at radius 2 is 1.68 bits per heavy atom. The van der Waals surface area contributed by atoms with Gasteiger partial charge in [-0.2, -0.15) is 0 Å². The molecule has 2 aromatic heterocycles. The van der Waals surface area contributed by atoms with Crippen LogP contribution in [0.25, 0.3) is 10.2 Å². The number of pyridine rings is 1. The lowest BCUT2D eigenvalue weighted by Gasteiger charge is -2.21. The van der Waals surface area contributed by atoms with Crippen LogP contribution >= 0.6 is 11.3 Å². The monoisotopic (exact) mass is 542 g/mol. The zero-order valence-electron chi connectivity index (χ0n) is 21.2. The maximum Gasteiger partial charge on any atom is 0.264 e. The first-order chi connectivity index (χ1) is 18.2. The molecule has 2 heterocycles. The number of hydrogen-bond acceptors (Lipinski definition) is 6. The van der Waals surface area contributed by atoms with Gasteiger partial charge in [0.15, 0.2) is 5.13 Å². The van der Waals surface area contributed by atoms with Crippen LogP contribution in [0.3, 0.4) is 0 Å². The van der Waals surface area contributed by atoms with Crippen LogP contribution in [-0.2, 0) is 16.6 Å². The van der Waals surface area contributed by atoms with Crippen LogP contribution in [0.1, 0.15) is 27.0 Å². The summed E-state index contributed by atoms with van der Waals surface area (Å²) in [6, 6.07) is 22.7. The fourth-order valence-electron chi connectivity index (χ4n) is 4.24. The van der Waals surface area contributed by atoms with Crippen LogP contribution in [0.15, 0.2) is 96.2 Å². The second kappa shape index (κ2) is 10.4. The summed E-state index contributed by atoms with van der Waals surface area (Å²) in [4.78, 5) is 24.5. The number of benzene rings is 3. The van der Waals surface area contributed by atoms with Gasteiger partial charge in [-0.15, -0.1) is 0 Å². The van der Waals surface area contributed by atoms with Crippen molar-refractivity contribution in [3.05, 3.63) is 114 Å². The number of amides is 1. The summed E-state index contributed by atoms with van der Waals surface area (Å²) in [6.07, 6.45) is 3.41.